The zero-order valence-electron chi connectivity index (χ0n) is 6.56. The number of hydrogen-bond acceptors (Lipinski definition) is 1. The zero-order chi connectivity index (χ0) is 9.03. The minimum Gasteiger partial charge on any atom is -0.293 e. The van der Waals surface area contributed by atoms with Crippen molar-refractivity contribution in [2.75, 3.05) is 6.54 Å². The van der Waals surface area contributed by atoms with Crippen molar-refractivity contribution >= 4 is 6.21 Å². The molecular weight excluding hydrogens is 167 g/mol. The Bertz CT molecular complexity index is 203. The topological polar surface area (TPSA) is 12.4 Å². The van der Waals surface area contributed by atoms with Crippen LogP contribution in [0.2, 0.25) is 0 Å². The Morgan fingerprint density at radius 1 is 1.25 bits per heavy atom. The fraction of sp³-hybridized carbons (Fsp3) is 0.625. The van der Waals surface area contributed by atoms with E-state index in [0.29, 0.717) is 13.0 Å². The quantitative estimate of drug-likeness (QED) is 0.539. The van der Waals surface area contributed by atoms with Crippen molar-refractivity contribution < 1.29 is 13.2 Å². The van der Waals surface area contributed by atoms with Gasteiger partial charge in [-0.15, -0.1) is 0 Å². The molecule has 0 aliphatic carbocycles. The summed E-state index contributed by atoms with van der Waals surface area (Å²) in [5, 5.41) is 0. The third kappa shape index (κ3) is 2.68. The van der Waals surface area contributed by atoms with E-state index in [1.165, 1.54) is 6.08 Å². The van der Waals surface area contributed by atoms with E-state index in [2.05, 4.69) is 4.99 Å². The van der Waals surface area contributed by atoms with Gasteiger partial charge in [-0.05, 0) is 19.3 Å². The number of hydrogen-bond donors (Lipinski definition) is 0. The highest BCUT2D eigenvalue weighted by atomic mass is 19.4. The number of nitrogens with zero attached hydrogens (tertiary/aromatic N) is 1. The predicted molar refractivity (Wildman–Crippen MR) is 41.3 cm³/mol. The van der Waals surface area contributed by atoms with Crippen molar-refractivity contribution in [2.24, 2.45) is 4.99 Å². The summed E-state index contributed by atoms with van der Waals surface area (Å²) in [5.41, 5.74) is -0.609. The average molecular weight is 177 g/mol. The SMILES string of the molecule is FC(F)(F)C1=CCCCCN=C1. The summed E-state index contributed by atoms with van der Waals surface area (Å²) in [4.78, 5) is 3.67. The van der Waals surface area contributed by atoms with E-state index < -0.39 is 11.7 Å². The molecule has 0 N–H and O–H groups in total. The second-order valence-corrected chi connectivity index (χ2v) is 2.69. The molecule has 0 spiro atoms. The van der Waals surface area contributed by atoms with E-state index in [4.69, 9.17) is 0 Å². The van der Waals surface area contributed by atoms with Crippen molar-refractivity contribution in [2.45, 2.75) is 25.4 Å². The maximum absolute atomic E-state index is 12.1. The third-order valence-corrected chi connectivity index (χ3v) is 1.66. The molecule has 0 aromatic carbocycles. The van der Waals surface area contributed by atoms with Gasteiger partial charge >= 0.3 is 6.18 Å². The van der Waals surface area contributed by atoms with Gasteiger partial charge in [0.25, 0.3) is 0 Å². The molecule has 1 rings (SSSR count). The van der Waals surface area contributed by atoms with Crippen LogP contribution >= 0.6 is 0 Å². The highest BCUT2D eigenvalue weighted by molar-refractivity contribution is 5.80. The molecule has 12 heavy (non-hydrogen) atoms. The Morgan fingerprint density at radius 2 is 2.00 bits per heavy atom. The minimum atomic E-state index is -4.24. The molecule has 0 aromatic rings. The van der Waals surface area contributed by atoms with E-state index >= 15 is 0 Å². The van der Waals surface area contributed by atoms with Crippen LogP contribution in [0, 0.1) is 0 Å². The summed E-state index contributed by atoms with van der Waals surface area (Å²) in [6, 6.07) is 0. The Labute approximate surface area is 69.0 Å². The fourth-order valence-electron chi connectivity index (χ4n) is 1.01. The van der Waals surface area contributed by atoms with Crippen molar-refractivity contribution in [3.8, 4) is 0 Å². The molecule has 68 valence electrons. The monoisotopic (exact) mass is 177 g/mol. The predicted octanol–water partition coefficient (Wildman–Crippen LogP) is 2.73. The first-order chi connectivity index (χ1) is 5.61. The van der Waals surface area contributed by atoms with Gasteiger partial charge in [-0.1, -0.05) is 6.08 Å². The van der Waals surface area contributed by atoms with Crippen LogP contribution in [0.1, 0.15) is 19.3 Å². The maximum atomic E-state index is 12.1. The summed E-state index contributed by atoms with van der Waals surface area (Å²) < 4.78 is 36.3. The van der Waals surface area contributed by atoms with Gasteiger partial charge in [0.05, 0.1) is 5.57 Å². The molecule has 0 atom stereocenters. The Morgan fingerprint density at radius 3 is 2.67 bits per heavy atom. The number of allylic oxidation sites excluding steroid dienone is 2. The third-order valence-electron chi connectivity index (χ3n) is 1.66. The standard InChI is InChI=1S/C8H10F3N/c9-8(10,11)7-4-2-1-3-5-12-6-7/h4,6H,1-3,5H2. The van der Waals surface area contributed by atoms with Gasteiger partial charge in [0.1, 0.15) is 0 Å². The highest BCUT2D eigenvalue weighted by Crippen LogP contribution is 2.25. The molecule has 4 heteroatoms. The van der Waals surface area contributed by atoms with Crippen LogP contribution in [0.15, 0.2) is 16.6 Å². The van der Waals surface area contributed by atoms with E-state index in [-0.39, 0.29) is 0 Å². The molecule has 0 radical (unpaired) electrons. The van der Waals surface area contributed by atoms with Crippen molar-refractivity contribution in [3.63, 3.8) is 0 Å². The first-order valence-corrected chi connectivity index (χ1v) is 3.88. The van der Waals surface area contributed by atoms with Gasteiger partial charge in [0.2, 0.25) is 0 Å². The van der Waals surface area contributed by atoms with Crippen LogP contribution in [0.25, 0.3) is 0 Å². The molecule has 0 amide bonds. The van der Waals surface area contributed by atoms with Gasteiger partial charge in [-0.2, -0.15) is 13.2 Å². The van der Waals surface area contributed by atoms with Gasteiger partial charge in [0, 0.05) is 12.8 Å². The molecule has 0 saturated carbocycles. The van der Waals surface area contributed by atoms with Crippen molar-refractivity contribution in [1.82, 2.24) is 0 Å². The van der Waals surface area contributed by atoms with Crippen LogP contribution in [0.4, 0.5) is 13.2 Å². The molecule has 1 aliphatic rings. The molecule has 0 aromatic heterocycles. The molecule has 0 saturated heterocycles. The zero-order valence-corrected chi connectivity index (χ0v) is 6.56. The Balaban J connectivity index is 2.72. The van der Waals surface area contributed by atoms with E-state index in [1.54, 1.807) is 0 Å². The number of alkyl halides is 3. The summed E-state index contributed by atoms with van der Waals surface area (Å²) in [6.07, 6.45) is 0.0680. The summed E-state index contributed by atoms with van der Waals surface area (Å²) in [5.74, 6) is 0. The summed E-state index contributed by atoms with van der Waals surface area (Å²) in [6.45, 7) is 0.507. The van der Waals surface area contributed by atoms with Crippen LogP contribution in [-0.2, 0) is 0 Å². The van der Waals surface area contributed by atoms with Crippen LogP contribution < -0.4 is 0 Å². The van der Waals surface area contributed by atoms with Crippen LogP contribution in [0.5, 0.6) is 0 Å². The van der Waals surface area contributed by atoms with Gasteiger partial charge in [0.15, 0.2) is 0 Å². The molecule has 0 fully saturated rings. The van der Waals surface area contributed by atoms with Crippen LogP contribution in [-0.4, -0.2) is 18.9 Å². The van der Waals surface area contributed by atoms with Gasteiger partial charge in [-0.25, -0.2) is 0 Å². The lowest BCUT2D eigenvalue weighted by atomic mass is 10.1. The molecule has 1 nitrogen and oxygen atoms in total. The first kappa shape index (κ1) is 9.29. The lowest BCUT2D eigenvalue weighted by Gasteiger charge is -2.08. The molecule has 0 unspecified atom stereocenters. The lowest BCUT2D eigenvalue weighted by Crippen LogP contribution is -2.13. The molecular formula is C8H10F3N. The number of rotatable bonds is 0. The van der Waals surface area contributed by atoms with Crippen molar-refractivity contribution in [1.29, 1.82) is 0 Å². The fourth-order valence-corrected chi connectivity index (χ4v) is 1.01. The normalized spacial score (nSPS) is 19.8. The number of aliphatic imine (C=N–C) groups is 1. The summed E-state index contributed by atoms with van der Waals surface area (Å²) >= 11 is 0. The van der Waals surface area contributed by atoms with E-state index in [1.807, 2.05) is 0 Å². The van der Waals surface area contributed by atoms with E-state index in [9.17, 15) is 13.2 Å². The number of halogens is 3. The molecule has 1 aliphatic heterocycles. The second kappa shape index (κ2) is 3.74. The smallest absolute Gasteiger partial charge is 0.293 e. The molecule has 0 bridgehead atoms. The molecule has 1 heterocycles. The maximum Gasteiger partial charge on any atom is 0.417 e. The van der Waals surface area contributed by atoms with E-state index in [0.717, 1.165) is 19.1 Å². The minimum absolute atomic E-state index is 0.501. The van der Waals surface area contributed by atoms with Crippen molar-refractivity contribution in [3.05, 3.63) is 11.6 Å². The average Bonchev–Trinajstić information content (AvgIpc) is 1.81. The lowest BCUT2D eigenvalue weighted by molar-refractivity contribution is -0.0858. The Hall–Kier alpha value is -0.800. The van der Waals surface area contributed by atoms with Gasteiger partial charge in [-0.3, -0.25) is 4.99 Å². The Kier molecular flexibility index (Phi) is 2.89. The first-order valence-electron chi connectivity index (χ1n) is 3.88. The second-order valence-electron chi connectivity index (χ2n) is 2.69. The largest absolute Gasteiger partial charge is 0.417 e. The summed E-state index contributed by atoms with van der Waals surface area (Å²) in [7, 11) is 0. The van der Waals surface area contributed by atoms with Gasteiger partial charge < -0.3 is 0 Å². The highest BCUT2D eigenvalue weighted by Gasteiger charge is 2.32. The van der Waals surface area contributed by atoms with Crippen LogP contribution in [0.3, 0.4) is 0 Å².